The number of anilines is 1. The van der Waals surface area contributed by atoms with Gasteiger partial charge in [0.05, 0.1) is 5.69 Å². The largest absolute Gasteiger partial charge is 0.368 e. The van der Waals surface area contributed by atoms with Crippen molar-refractivity contribution in [3.8, 4) is 11.1 Å². The molecule has 0 saturated heterocycles. The number of rotatable bonds is 5. The highest BCUT2D eigenvalue weighted by Gasteiger charge is 2.20. The van der Waals surface area contributed by atoms with Gasteiger partial charge in [-0.05, 0) is 31.0 Å². The number of halogens is 1. The molecule has 0 aliphatic rings. The van der Waals surface area contributed by atoms with Crippen LogP contribution in [0.2, 0.25) is 0 Å². The number of nitrogen functional groups attached to an aromatic ring is 1. The van der Waals surface area contributed by atoms with Crippen LogP contribution in [0.5, 0.6) is 0 Å². The summed E-state index contributed by atoms with van der Waals surface area (Å²) in [6.07, 6.45) is 2.10. The summed E-state index contributed by atoms with van der Waals surface area (Å²) in [4.78, 5) is 7.52. The Labute approximate surface area is 128 Å². The number of hydrogen-bond donors (Lipinski definition) is 2. The number of nitrogens with one attached hydrogen (secondary N) is 1. The molecular formula is C14H17FN4O2S. The fraction of sp³-hybridized carbons (Fsp3) is 0.286. The van der Waals surface area contributed by atoms with Gasteiger partial charge in [0.2, 0.25) is 16.0 Å². The maximum absolute atomic E-state index is 13.9. The van der Waals surface area contributed by atoms with Crippen LogP contribution in [-0.2, 0) is 10.0 Å². The number of aryl methyl sites for hydroxylation is 1. The number of nitrogens with zero attached hydrogens (tertiary/aromatic N) is 2. The number of hydrogen-bond acceptors (Lipinski definition) is 5. The van der Waals surface area contributed by atoms with Crippen LogP contribution in [0.25, 0.3) is 11.1 Å². The van der Waals surface area contributed by atoms with E-state index in [0.29, 0.717) is 23.2 Å². The van der Waals surface area contributed by atoms with Crippen LogP contribution in [0.4, 0.5) is 10.3 Å². The lowest BCUT2D eigenvalue weighted by Gasteiger charge is -2.10. The van der Waals surface area contributed by atoms with Crippen molar-refractivity contribution in [2.75, 3.05) is 12.3 Å². The Kier molecular flexibility index (Phi) is 4.72. The molecule has 2 rings (SSSR count). The summed E-state index contributed by atoms with van der Waals surface area (Å²) >= 11 is 0. The van der Waals surface area contributed by atoms with Gasteiger partial charge in [-0.2, -0.15) is 0 Å². The normalized spacial score (nSPS) is 11.6. The maximum Gasteiger partial charge on any atom is 0.243 e. The van der Waals surface area contributed by atoms with Crippen LogP contribution in [-0.4, -0.2) is 24.9 Å². The van der Waals surface area contributed by atoms with E-state index in [2.05, 4.69) is 14.7 Å². The van der Waals surface area contributed by atoms with Crippen molar-refractivity contribution in [2.24, 2.45) is 0 Å². The lowest BCUT2D eigenvalue weighted by atomic mass is 10.1. The predicted molar refractivity (Wildman–Crippen MR) is 82.1 cm³/mol. The van der Waals surface area contributed by atoms with E-state index < -0.39 is 20.7 Å². The van der Waals surface area contributed by atoms with E-state index in [1.165, 1.54) is 18.3 Å². The molecule has 0 unspecified atom stereocenters. The molecule has 0 spiro atoms. The van der Waals surface area contributed by atoms with Gasteiger partial charge in [0.15, 0.2) is 0 Å². The Hall–Kier alpha value is -2.06. The Morgan fingerprint density at radius 2 is 2.09 bits per heavy atom. The average molecular weight is 324 g/mol. The molecule has 3 N–H and O–H groups in total. The molecule has 0 bridgehead atoms. The fourth-order valence-electron chi connectivity index (χ4n) is 1.96. The van der Waals surface area contributed by atoms with Crippen molar-refractivity contribution in [3.63, 3.8) is 0 Å². The van der Waals surface area contributed by atoms with Crippen LogP contribution in [0, 0.1) is 12.7 Å². The van der Waals surface area contributed by atoms with Crippen molar-refractivity contribution >= 4 is 16.0 Å². The van der Waals surface area contributed by atoms with Gasteiger partial charge in [-0.3, -0.25) is 0 Å². The topological polar surface area (TPSA) is 98.0 Å². The molecule has 0 amide bonds. The Morgan fingerprint density at radius 3 is 2.73 bits per heavy atom. The molecule has 1 heterocycles. The Balaban J connectivity index is 2.51. The predicted octanol–water partition coefficient (Wildman–Crippen LogP) is 1.86. The molecule has 0 saturated carbocycles. The summed E-state index contributed by atoms with van der Waals surface area (Å²) in [5, 5.41) is 0. The van der Waals surface area contributed by atoms with E-state index in [-0.39, 0.29) is 12.5 Å². The van der Waals surface area contributed by atoms with Gasteiger partial charge in [0.1, 0.15) is 10.7 Å². The van der Waals surface area contributed by atoms with Crippen LogP contribution >= 0.6 is 0 Å². The molecule has 118 valence electrons. The molecule has 0 fully saturated rings. The Morgan fingerprint density at radius 1 is 1.36 bits per heavy atom. The second kappa shape index (κ2) is 6.37. The van der Waals surface area contributed by atoms with Gasteiger partial charge >= 0.3 is 0 Å². The maximum atomic E-state index is 13.9. The smallest absolute Gasteiger partial charge is 0.243 e. The van der Waals surface area contributed by atoms with Gasteiger partial charge in [0.25, 0.3) is 0 Å². The minimum absolute atomic E-state index is 0.126. The first-order valence-electron chi connectivity index (χ1n) is 6.74. The zero-order valence-corrected chi connectivity index (χ0v) is 13.1. The number of sulfonamides is 1. The molecule has 8 heteroatoms. The van der Waals surface area contributed by atoms with E-state index in [4.69, 9.17) is 5.73 Å². The molecular weight excluding hydrogens is 307 g/mol. The highest BCUT2D eigenvalue weighted by atomic mass is 32.2. The van der Waals surface area contributed by atoms with Crippen molar-refractivity contribution in [1.82, 2.24) is 14.7 Å². The van der Waals surface area contributed by atoms with E-state index in [1.807, 2.05) is 6.92 Å². The number of nitrogens with two attached hydrogens (primary N) is 1. The van der Waals surface area contributed by atoms with Crippen molar-refractivity contribution in [2.45, 2.75) is 25.2 Å². The van der Waals surface area contributed by atoms with E-state index in [1.54, 1.807) is 6.92 Å². The quantitative estimate of drug-likeness (QED) is 0.875. The Bertz CT molecular complexity index is 793. The molecule has 0 aliphatic heterocycles. The summed E-state index contributed by atoms with van der Waals surface area (Å²) in [5.41, 5.74) is 7.19. The molecule has 2 aromatic rings. The SMILES string of the molecule is CCCNS(=O)(=O)c1cc(-c2cnc(N)nc2C)ccc1F. The summed E-state index contributed by atoms with van der Waals surface area (Å²) < 4.78 is 40.5. The lowest BCUT2D eigenvalue weighted by Crippen LogP contribution is -2.25. The van der Waals surface area contributed by atoms with Crippen LogP contribution in [0.15, 0.2) is 29.3 Å². The second-order valence-corrected chi connectivity index (χ2v) is 6.51. The highest BCUT2D eigenvalue weighted by Crippen LogP contribution is 2.26. The first-order chi connectivity index (χ1) is 10.3. The van der Waals surface area contributed by atoms with E-state index in [0.717, 1.165) is 6.07 Å². The molecule has 0 radical (unpaired) electrons. The summed E-state index contributed by atoms with van der Waals surface area (Å²) in [5.74, 6) is -0.679. The van der Waals surface area contributed by atoms with Gasteiger partial charge in [-0.1, -0.05) is 13.0 Å². The van der Waals surface area contributed by atoms with Gasteiger partial charge < -0.3 is 5.73 Å². The first-order valence-corrected chi connectivity index (χ1v) is 8.22. The molecule has 1 aromatic carbocycles. The summed E-state index contributed by atoms with van der Waals surface area (Å²) in [6.45, 7) is 3.79. The number of aromatic nitrogens is 2. The minimum Gasteiger partial charge on any atom is -0.368 e. The van der Waals surface area contributed by atoms with Gasteiger partial charge in [0, 0.05) is 18.3 Å². The fourth-order valence-corrected chi connectivity index (χ4v) is 3.19. The zero-order valence-electron chi connectivity index (χ0n) is 12.3. The van der Waals surface area contributed by atoms with Crippen LogP contribution in [0.1, 0.15) is 19.0 Å². The molecule has 6 nitrogen and oxygen atoms in total. The zero-order chi connectivity index (χ0) is 16.3. The standard InChI is InChI=1S/C14H17FN4O2S/c1-3-6-18-22(20,21)13-7-10(4-5-12(13)15)11-8-17-14(16)19-9(11)2/h4-5,7-8,18H,3,6H2,1-2H3,(H2,16,17,19). The molecule has 1 aromatic heterocycles. The summed E-state index contributed by atoms with van der Waals surface area (Å²) in [6, 6.07) is 3.87. The number of benzene rings is 1. The highest BCUT2D eigenvalue weighted by molar-refractivity contribution is 7.89. The van der Waals surface area contributed by atoms with Crippen LogP contribution < -0.4 is 10.5 Å². The van der Waals surface area contributed by atoms with Gasteiger partial charge in [-0.25, -0.2) is 27.5 Å². The second-order valence-electron chi connectivity index (χ2n) is 4.77. The van der Waals surface area contributed by atoms with Crippen LogP contribution in [0.3, 0.4) is 0 Å². The van der Waals surface area contributed by atoms with Crippen molar-refractivity contribution in [3.05, 3.63) is 35.9 Å². The first kappa shape index (κ1) is 16.3. The van der Waals surface area contributed by atoms with Crippen molar-refractivity contribution < 1.29 is 12.8 Å². The third-order valence-corrected chi connectivity index (χ3v) is 4.55. The van der Waals surface area contributed by atoms with Gasteiger partial charge in [-0.15, -0.1) is 0 Å². The average Bonchev–Trinajstić information content (AvgIpc) is 2.46. The van der Waals surface area contributed by atoms with E-state index >= 15 is 0 Å². The van der Waals surface area contributed by atoms with Crippen molar-refractivity contribution in [1.29, 1.82) is 0 Å². The lowest BCUT2D eigenvalue weighted by molar-refractivity contribution is 0.556. The molecule has 0 atom stereocenters. The molecule has 22 heavy (non-hydrogen) atoms. The molecule has 0 aliphatic carbocycles. The minimum atomic E-state index is -3.90. The monoisotopic (exact) mass is 324 g/mol. The third kappa shape index (κ3) is 3.40. The summed E-state index contributed by atoms with van der Waals surface area (Å²) in [7, 11) is -3.90. The van der Waals surface area contributed by atoms with E-state index in [9.17, 15) is 12.8 Å². The third-order valence-electron chi connectivity index (χ3n) is 3.07.